The smallest absolute Gasteiger partial charge is 0.251 e. The fourth-order valence-electron chi connectivity index (χ4n) is 2.54. The van der Waals surface area contributed by atoms with Crippen LogP contribution in [0.25, 0.3) is 11.0 Å². The lowest BCUT2D eigenvalue weighted by Gasteiger charge is -2.04. The molecule has 0 radical (unpaired) electrons. The highest BCUT2D eigenvalue weighted by molar-refractivity contribution is 5.77. The van der Waals surface area contributed by atoms with Crippen LogP contribution in [0.15, 0.2) is 35.1 Å². The van der Waals surface area contributed by atoms with Crippen LogP contribution in [0, 0.1) is 6.92 Å². The Labute approximate surface area is 138 Å². The molecule has 0 aliphatic carbocycles. The fourth-order valence-corrected chi connectivity index (χ4v) is 2.54. The monoisotopic (exact) mass is 325 g/mol. The van der Waals surface area contributed by atoms with Crippen molar-refractivity contribution in [2.45, 2.75) is 26.2 Å². The van der Waals surface area contributed by atoms with Crippen molar-refractivity contribution in [2.75, 3.05) is 6.54 Å². The van der Waals surface area contributed by atoms with E-state index in [-0.39, 0.29) is 11.5 Å². The first-order chi connectivity index (χ1) is 11.6. The number of aromatic nitrogens is 4. The van der Waals surface area contributed by atoms with E-state index in [0.717, 1.165) is 16.9 Å². The second-order valence-electron chi connectivity index (χ2n) is 5.62. The second-order valence-corrected chi connectivity index (χ2v) is 5.62. The van der Waals surface area contributed by atoms with Gasteiger partial charge in [0.15, 0.2) is 0 Å². The van der Waals surface area contributed by atoms with Gasteiger partial charge in [-0.3, -0.25) is 9.59 Å². The maximum atomic E-state index is 11.9. The van der Waals surface area contributed by atoms with Crippen molar-refractivity contribution in [3.8, 4) is 0 Å². The van der Waals surface area contributed by atoms with Crippen LogP contribution in [0.1, 0.15) is 23.8 Å². The number of rotatable bonds is 6. The SMILES string of the molecule is Cc1nc(CCNC(=O)CCc2nc3ccccc3[nH]2)cc(=O)[nH]1. The summed E-state index contributed by atoms with van der Waals surface area (Å²) in [4.78, 5) is 37.7. The molecule has 0 bridgehead atoms. The number of para-hydroxylation sites is 2. The molecule has 0 saturated heterocycles. The number of aryl methyl sites for hydroxylation is 2. The summed E-state index contributed by atoms with van der Waals surface area (Å²) < 4.78 is 0. The number of nitrogens with zero attached hydrogens (tertiary/aromatic N) is 2. The minimum absolute atomic E-state index is 0.0444. The summed E-state index contributed by atoms with van der Waals surface area (Å²) in [5.41, 5.74) is 2.38. The fraction of sp³-hybridized carbons (Fsp3) is 0.294. The second kappa shape index (κ2) is 7.08. The van der Waals surface area contributed by atoms with E-state index in [4.69, 9.17) is 0 Å². The zero-order chi connectivity index (χ0) is 16.9. The van der Waals surface area contributed by atoms with Crippen molar-refractivity contribution in [1.29, 1.82) is 0 Å². The molecule has 2 aromatic heterocycles. The summed E-state index contributed by atoms with van der Waals surface area (Å²) in [6.45, 7) is 2.19. The Balaban J connectivity index is 1.46. The Morgan fingerprint density at radius 2 is 2.00 bits per heavy atom. The number of hydrogen-bond acceptors (Lipinski definition) is 4. The first-order valence-corrected chi connectivity index (χ1v) is 7.87. The molecule has 0 saturated carbocycles. The Bertz CT molecular complexity index is 879. The van der Waals surface area contributed by atoms with Crippen molar-refractivity contribution < 1.29 is 4.79 Å². The first-order valence-electron chi connectivity index (χ1n) is 7.87. The number of imidazole rings is 1. The highest BCUT2D eigenvalue weighted by Gasteiger charge is 2.06. The lowest BCUT2D eigenvalue weighted by Crippen LogP contribution is -2.26. The highest BCUT2D eigenvalue weighted by atomic mass is 16.1. The normalized spacial score (nSPS) is 10.9. The standard InChI is InChI=1S/C17H19N5O2/c1-11-19-12(10-17(24)20-11)8-9-18-16(23)7-6-15-21-13-4-2-3-5-14(13)22-15/h2-5,10H,6-9H2,1H3,(H,18,23)(H,21,22)(H,19,20,24). The van der Waals surface area contributed by atoms with Crippen LogP contribution in [0.3, 0.4) is 0 Å². The topological polar surface area (TPSA) is 104 Å². The molecule has 0 spiro atoms. The molecule has 0 aliphatic heterocycles. The molecule has 1 amide bonds. The molecule has 0 fully saturated rings. The van der Waals surface area contributed by atoms with E-state index in [1.807, 2.05) is 24.3 Å². The Hall–Kier alpha value is -2.96. The van der Waals surface area contributed by atoms with E-state index in [0.29, 0.717) is 37.3 Å². The number of carbonyl (C=O) groups is 1. The average molecular weight is 325 g/mol. The summed E-state index contributed by atoms with van der Waals surface area (Å²) in [7, 11) is 0. The van der Waals surface area contributed by atoms with Crippen molar-refractivity contribution in [3.63, 3.8) is 0 Å². The number of hydrogen-bond donors (Lipinski definition) is 3. The molecule has 3 aromatic rings. The zero-order valence-electron chi connectivity index (χ0n) is 13.4. The summed E-state index contributed by atoms with van der Waals surface area (Å²) >= 11 is 0. The van der Waals surface area contributed by atoms with Crippen molar-refractivity contribution >= 4 is 16.9 Å². The highest BCUT2D eigenvalue weighted by Crippen LogP contribution is 2.11. The molecule has 24 heavy (non-hydrogen) atoms. The van der Waals surface area contributed by atoms with Crippen molar-refractivity contribution in [1.82, 2.24) is 25.3 Å². The van der Waals surface area contributed by atoms with E-state index in [9.17, 15) is 9.59 Å². The van der Waals surface area contributed by atoms with Crippen LogP contribution >= 0.6 is 0 Å². The van der Waals surface area contributed by atoms with Gasteiger partial charge in [0.1, 0.15) is 11.6 Å². The van der Waals surface area contributed by atoms with Gasteiger partial charge in [-0.2, -0.15) is 0 Å². The third kappa shape index (κ3) is 4.07. The molecule has 0 atom stereocenters. The van der Waals surface area contributed by atoms with Gasteiger partial charge in [0, 0.05) is 37.6 Å². The van der Waals surface area contributed by atoms with Crippen molar-refractivity contribution in [2.24, 2.45) is 0 Å². The summed E-state index contributed by atoms with van der Waals surface area (Å²) in [6, 6.07) is 9.23. The lowest BCUT2D eigenvalue weighted by atomic mass is 10.2. The summed E-state index contributed by atoms with van der Waals surface area (Å²) in [5.74, 6) is 1.34. The van der Waals surface area contributed by atoms with Gasteiger partial charge in [-0.1, -0.05) is 12.1 Å². The number of aromatic amines is 2. The lowest BCUT2D eigenvalue weighted by molar-refractivity contribution is -0.121. The third-order valence-electron chi connectivity index (χ3n) is 3.64. The molecule has 7 heteroatoms. The van der Waals surface area contributed by atoms with E-state index in [1.165, 1.54) is 6.07 Å². The Morgan fingerprint density at radius 1 is 1.17 bits per heavy atom. The number of benzene rings is 1. The van der Waals surface area contributed by atoms with Gasteiger partial charge in [-0.15, -0.1) is 0 Å². The summed E-state index contributed by atoms with van der Waals surface area (Å²) in [5, 5.41) is 2.84. The van der Waals surface area contributed by atoms with Gasteiger partial charge in [-0.05, 0) is 19.1 Å². The van der Waals surface area contributed by atoms with Crippen molar-refractivity contribution in [3.05, 3.63) is 58.0 Å². The van der Waals surface area contributed by atoms with Gasteiger partial charge in [-0.25, -0.2) is 9.97 Å². The predicted molar refractivity (Wildman–Crippen MR) is 90.7 cm³/mol. The van der Waals surface area contributed by atoms with Gasteiger partial charge >= 0.3 is 0 Å². The molecule has 0 unspecified atom stereocenters. The maximum absolute atomic E-state index is 11.9. The largest absolute Gasteiger partial charge is 0.356 e. The molecule has 3 N–H and O–H groups in total. The zero-order valence-corrected chi connectivity index (χ0v) is 13.4. The molecule has 3 rings (SSSR count). The number of nitrogens with one attached hydrogen (secondary N) is 3. The average Bonchev–Trinajstić information content (AvgIpc) is 2.95. The number of amides is 1. The molecule has 0 aliphatic rings. The minimum Gasteiger partial charge on any atom is -0.356 e. The molecular formula is C17H19N5O2. The van der Waals surface area contributed by atoms with Gasteiger partial charge in [0.2, 0.25) is 5.91 Å². The van der Waals surface area contributed by atoms with Gasteiger partial charge in [0.25, 0.3) is 5.56 Å². The van der Waals surface area contributed by atoms with E-state index >= 15 is 0 Å². The summed E-state index contributed by atoms with van der Waals surface area (Å²) in [6.07, 6.45) is 1.45. The molecule has 1 aromatic carbocycles. The molecule has 2 heterocycles. The van der Waals surface area contributed by atoms with Crippen LogP contribution in [0.5, 0.6) is 0 Å². The van der Waals surface area contributed by atoms with Crippen LogP contribution in [0.4, 0.5) is 0 Å². The van der Waals surface area contributed by atoms with Crippen LogP contribution in [-0.4, -0.2) is 32.4 Å². The van der Waals surface area contributed by atoms with Gasteiger partial charge < -0.3 is 15.3 Å². The quantitative estimate of drug-likeness (QED) is 0.634. The van der Waals surface area contributed by atoms with Gasteiger partial charge in [0.05, 0.1) is 11.0 Å². The third-order valence-corrected chi connectivity index (χ3v) is 3.64. The number of fused-ring (bicyclic) bond motifs is 1. The van der Waals surface area contributed by atoms with Crippen LogP contribution in [0.2, 0.25) is 0 Å². The molecule has 124 valence electrons. The van der Waals surface area contributed by atoms with E-state index in [2.05, 4.69) is 25.3 Å². The predicted octanol–water partition coefficient (Wildman–Crippen LogP) is 1.25. The maximum Gasteiger partial charge on any atom is 0.251 e. The first kappa shape index (κ1) is 15.9. The number of carbonyl (C=O) groups excluding carboxylic acids is 1. The Morgan fingerprint density at radius 3 is 2.79 bits per heavy atom. The molecular weight excluding hydrogens is 306 g/mol. The van der Waals surface area contributed by atoms with Crippen LogP contribution < -0.4 is 10.9 Å². The van der Waals surface area contributed by atoms with Crippen LogP contribution in [-0.2, 0) is 17.6 Å². The number of H-pyrrole nitrogens is 2. The van der Waals surface area contributed by atoms with E-state index in [1.54, 1.807) is 6.92 Å². The minimum atomic E-state index is -0.172. The Kier molecular flexibility index (Phi) is 4.69. The van der Waals surface area contributed by atoms with E-state index < -0.39 is 0 Å². The molecule has 7 nitrogen and oxygen atoms in total.